The summed E-state index contributed by atoms with van der Waals surface area (Å²) in [5, 5.41) is 16.0. The van der Waals surface area contributed by atoms with Gasteiger partial charge >= 0.3 is 6.03 Å². The largest absolute Gasteiger partial charge is 0.389 e. The molecule has 0 aliphatic carbocycles. The molecule has 0 bridgehead atoms. The van der Waals surface area contributed by atoms with E-state index in [4.69, 9.17) is 9.47 Å². The van der Waals surface area contributed by atoms with Crippen molar-refractivity contribution >= 4 is 17.6 Å². The van der Waals surface area contributed by atoms with Crippen molar-refractivity contribution in [1.82, 2.24) is 15.2 Å². The highest BCUT2D eigenvalue weighted by Gasteiger charge is 2.40. The zero-order chi connectivity index (χ0) is 24.6. The fraction of sp³-hybridized carbons (Fsp3) is 0.480. The minimum Gasteiger partial charge on any atom is -0.389 e. The molecule has 188 valence electrons. The first-order valence-electron chi connectivity index (χ1n) is 11.9. The third-order valence-corrected chi connectivity index (χ3v) is 6.24. The number of aromatic nitrogens is 1. The Labute approximate surface area is 203 Å². The van der Waals surface area contributed by atoms with E-state index in [1.807, 2.05) is 12.1 Å². The van der Waals surface area contributed by atoms with Crippen LogP contribution in [-0.4, -0.2) is 77.6 Å². The molecule has 1 aromatic heterocycles. The van der Waals surface area contributed by atoms with Gasteiger partial charge in [0.15, 0.2) is 0 Å². The molecule has 2 fully saturated rings. The number of rotatable bonds is 6. The lowest BCUT2D eigenvalue weighted by atomic mass is 9.95. The van der Waals surface area contributed by atoms with Gasteiger partial charge in [-0.3, -0.25) is 9.78 Å². The number of aliphatic hydroxyl groups excluding tert-OH is 1. The monoisotopic (exact) mass is 486 g/mol. The number of halogens is 1. The summed E-state index contributed by atoms with van der Waals surface area (Å²) in [7, 11) is 0. The van der Waals surface area contributed by atoms with Gasteiger partial charge in [0.25, 0.3) is 0 Å². The summed E-state index contributed by atoms with van der Waals surface area (Å²) in [4.78, 5) is 31.1. The molecule has 0 spiro atoms. The van der Waals surface area contributed by atoms with E-state index in [1.54, 1.807) is 17.3 Å². The predicted molar refractivity (Wildman–Crippen MR) is 126 cm³/mol. The van der Waals surface area contributed by atoms with Crippen molar-refractivity contribution in [2.45, 2.75) is 50.0 Å². The number of hydrogen-bond acceptors (Lipinski definition) is 6. The number of anilines is 1. The number of β-amino-alcohol motifs (C(OH)–C–C–N with tert-alkyl or cyclic N) is 1. The second-order valence-corrected chi connectivity index (χ2v) is 8.88. The first-order chi connectivity index (χ1) is 17.0. The van der Waals surface area contributed by atoms with Crippen molar-refractivity contribution in [3.63, 3.8) is 0 Å². The maximum absolute atomic E-state index is 13.2. The molecule has 2 aromatic rings. The molecule has 35 heavy (non-hydrogen) atoms. The number of urea groups is 1. The van der Waals surface area contributed by atoms with Gasteiger partial charge in [-0.2, -0.15) is 0 Å². The number of amides is 3. The minimum absolute atomic E-state index is 0.0765. The summed E-state index contributed by atoms with van der Waals surface area (Å²) in [6.45, 7) is 0.896. The number of aliphatic hydroxyl groups is 1. The van der Waals surface area contributed by atoms with Crippen LogP contribution in [0.5, 0.6) is 0 Å². The summed E-state index contributed by atoms with van der Waals surface area (Å²) in [6.07, 6.45) is 4.05. The third-order valence-electron chi connectivity index (χ3n) is 6.24. The van der Waals surface area contributed by atoms with Crippen LogP contribution in [0.25, 0.3) is 0 Å². The van der Waals surface area contributed by atoms with Crippen LogP contribution >= 0.6 is 0 Å². The Kier molecular flexibility index (Phi) is 8.62. The van der Waals surface area contributed by atoms with Gasteiger partial charge in [-0.25, -0.2) is 9.18 Å². The molecule has 3 N–H and O–H groups in total. The lowest BCUT2D eigenvalue weighted by Crippen LogP contribution is -2.58. The quantitative estimate of drug-likeness (QED) is 0.577. The Bertz CT molecular complexity index is 978. The van der Waals surface area contributed by atoms with Gasteiger partial charge in [0.2, 0.25) is 5.91 Å². The number of fused-ring (bicyclic) bond motifs is 1. The van der Waals surface area contributed by atoms with E-state index >= 15 is 0 Å². The van der Waals surface area contributed by atoms with Crippen LogP contribution in [0.1, 0.15) is 24.8 Å². The number of carbonyl (C=O) groups is 2. The zero-order valence-electron chi connectivity index (χ0n) is 19.4. The number of pyridine rings is 1. The van der Waals surface area contributed by atoms with Gasteiger partial charge in [0.1, 0.15) is 11.9 Å². The van der Waals surface area contributed by atoms with Gasteiger partial charge in [-0.15, -0.1) is 0 Å². The van der Waals surface area contributed by atoms with E-state index in [-0.39, 0.29) is 44.2 Å². The molecule has 1 aromatic carbocycles. The first kappa shape index (κ1) is 25.0. The van der Waals surface area contributed by atoms with Crippen molar-refractivity contribution in [3.8, 4) is 0 Å². The van der Waals surface area contributed by atoms with Crippen molar-refractivity contribution in [3.05, 3.63) is 60.2 Å². The zero-order valence-corrected chi connectivity index (χ0v) is 19.4. The van der Waals surface area contributed by atoms with E-state index in [0.29, 0.717) is 25.1 Å². The highest BCUT2D eigenvalue weighted by molar-refractivity contribution is 5.89. The number of ether oxygens (including phenoxy) is 2. The molecule has 9 nitrogen and oxygen atoms in total. The fourth-order valence-corrected chi connectivity index (χ4v) is 4.48. The SMILES string of the molecule is O=C(C[C@@H]1CC[C@H]2[C@@H](COC[C@H](O)CN2C(=O)Nc2ccc(F)cc2)O1)NCCc1ccncc1. The Morgan fingerprint density at radius 3 is 2.66 bits per heavy atom. The van der Waals surface area contributed by atoms with Crippen LogP contribution in [-0.2, 0) is 20.7 Å². The molecule has 4 rings (SSSR count). The first-order valence-corrected chi connectivity index (χ1v) is 11.9. The van der Waals surface area contributed by atoms with Gasteiger partial charge in [0.05, 0.1) is 44.4 Å². The molecule has 10 heteroatoms. The van der Waals surface area contributed by atoms with Crippen LogP contribution in [0.3, 0.4) is 0 Å². The second kappa shape index (κ2) is 12.1. The highest BCUT2D eigenvalue weighted by Crippen LogP contribution is 2.28. The van der Waals surface area contributed by atoms with Gasteiger partial charge < -0.3 is 30.1 Å². The summed E-state index contributed by atoms with van der Waals surface area (Å²) in [5.41, 5.74) is 1.56. The van der Waals surface area contributed by atoms with Gasteiger partial charge in [-0.05, 0) is 61.2 Å². The van der Waals surface area contributed by atoms with Crippen LogP contribution in [0.4, 0.5) is 14.9 Å². The molecule has 0 radical (unpaired) electrons. The van der Waals surface area contributed by atoms with Gasteiger partial charge in [-0.1, -0.05) is 0 Å². The van der Waals surface area contributed by atoms with Crippen LogP contribution in [0.2, 0.25) is 0 Å². The molecule has 0 unspecified atom stereocenters. The summed E-state index contributed by atoms with van der Waals surface area (Å²) < 4.78 is 25.0. The van der Waals surface area contributed by atoms with E-state index in [0.717, 1.165) is 12.0 Å². The number of hydrogen-bond donors (Lipinski definition) is 3. The van der Waals surface area contributed by atoms with Crippen molar-refractivity contribution in [2.24, 2.45) is 0 Å². The molecule has 0 saturated carbocycles. The molecule has 3 heterocycles. The van der Waals surface area contributed by atoms with E-state index in [2.05, 4.69) is 15.6 Å². The van der Waals surface area contributed by atoms with Crippen molar-refractivity contribution in [2.75, 3.05) is 31.6 Å². The number of nitrogens with zero attached hydrogens (tertiary/aromatic N) is 2. The van der Waals surface area contributed by atoms with E-state index in [9.17, 15) is 19.1 Å². The number of carbonyl (C=O) groups excluding carboxylic acids is 2. The minimum atomic E-state index is -0.834. The van der Waals surface area contributed by atoms with Crippen LogP contribution in [0.15, 0.2) is 48.8 Å². The molecular formula is C25H31FN4O5. The molecule has 4 atom stereocenters. The normalized spacial score (nSPS) is 24.6. The maximum Gasteiger partial charge on any atom is 0.322 e. The highest BCUT2D eigenvalue weighted by atomic mass is 19.1. The number of benzene rings is 1. The third kappa shape index (κ3) is 7.20. The molecular weight excluding hydrogens is 455 g/mol. The van der Waals surface area contributed by atoms with Crippen molar-refractivity contribution < 1.29 is 28.6 Å². The Balaban J connectivity index is 1.32. The summed E-state index contributed by atoms with van der Waals surface area (Å²) >= 11 is 0. The Morgan fingerprint density at radius 1 is 1.11 bits per heavy atom. The Morgan fingerprint density at radius 2 is 1.89 bits per heavy atom. The molecule has 3 amide bonds. The lowest BCUT2D eigenvalue weighted by molar-refractivity contribution is -0.149. The lowest BCUT2D eigenvalue weighted by Gasteiger charge is -2.44. The van der Waals surface area contributed by atoms with Crippen LogP contribution < -0.4 is 10.6 Å². The predicted octanol–water partition coefficient (Wildman–Crippen LogP) is 2.11. The average molecular weight is 487 g/mol. The van der Waals surface area contributed by atoms with Gasteiger partial charge in [0, 0.05) is 24.6 Å². The van der Waals surface area contributed by atoms with Crippen LogP contribution in [0, 0.1) is 5.82 Å². The molecule has 2 aliphatic rings. The maximum atomic E-state index is 13.2. The Hall–Kier alpha value is -3.08. The van der Waals surface area contributed by atoms with E-state index < -0.39 is 24.1 Å². The fourth-order valence-electron chi connectivity index (χ4n) is 4.48. The topological polar surface area (TPSA) is 113 Å². The standard InChI is InChI=1S/C25H31FN4O5/c26-18-1-3-19(4-2-18)29-25(33)30-14-20(31)15-34-16-23-22(30)6-5-21(35-23)13-24(32)28-12-9-17-7-10-27-11-8-17/h1-4,7-8,10-11,20-23,31H,5-6,9,12-16H2,(H,28,32)(H,29,33)/t20-,21+,22+,23-/m1/s1. The number of nitrogens with one attached hydrogen (secondary N) is 2. The average Bonchev–Trinajstić information content (AvgIpc) is 2.84. The summed E-state index contributed by atoms with van der Waals surface area (Å²) in [5.74, 6) is -0.481. The summed E-state index contributed by atoms with van der Waals surface area (Å²) in [6, 6.07) is 8.61. The molecule has 2 saturated heterocycles. The second-order valence-electron chi connectivity index (χ2n) is 8.88. The molecule has 2 aliphatic heterocycles. The smallest absolute Gasteiger partial charge is 0.322 e. The van der Waals surface area contributed by atoms with Crippen molar-refractivity contribution in [1.29, 1.82) is 0 Å². The van der Waals surface area contributed by atoms with E-state index in [1.165, 1.54) is 24.3 Å².